The van der Waals surface area contributed by atoms with Crippen LogP contribution in [0.15, 0.2) is 27.8 Å². The Morgan fingerprint density at radius 2 is 2.15 bits per heavy atom. The van der Waals surface area contributed by atoms with E-state index >= 15 is 0 Å². The fourth-order valence-corrected chi connectivity index (χ4v) is 3.94. The van der Waals surface area contributed by atoms with Crippen LogP contribution >= 0.6 is 0 Å². The molecule has 7 nitrogen and oxygen atoms in total. The monoisotopic (exact) mass is 375 g/mol. The number of hydrogen-bond donors (Lipinski definition) is 2. The van der Waals surface area contributed by atoms with E-state index in [2.05, 4.69) is 22.5 Å². The van der Waals surface area contributed by atoms with Crippen LogP contribution in [0.4, 0.5) is 0 Å². The van der Waals surface area contributed by atoms with Crippen LogP contribution in [0.25, 0.3) is 0 Å². The molecule has 0 saturated carbocycles. The average Bonchev–Trinajstić information content (AvgIpc) is 3.44. The minimum atomic E-state index is 0.180. The van der Waals surface area contributed by atoms with Gasteiger partial charge in [-0.25, -0.2) is 0 Å². The molecule has 2 atom stereocenters. The Kier molecular flexibility index (Phi) is 7.15. The van der Waals surface area contributed by atoms with Crippen LogP contribution in [0.5, 0.6) is 0 Å². The van der Waals surface area contributed by atoms with E-state index in [0.717, 1.165) is 50.9 Å². The zero-order chi connectivity index (χ0) is 19.1. The maximum Gasteiger partial charge on any atom is 0.222 e. The second-order valence-electron chi connectivity index (χ2n) is 7.32. The van der Waals surface area contributed by atoms with Crippen molar-refractivity contribution in [2.45, 2.75) is 51.6 Å². The quantitative estimate of drug-likeness (QED) is 0.563. The molecule has 27 heavy (non-hydrogen) atoms. The Bertz CT molecular complexity index is 610. The van der Waals surface area contributed by atoms with Gasteiger partial charge in [-0.2, -0.15) is 0 Å². The molecule has 2 unspecified atom stereocenters. The van der Waals surface area contributed by atoms with Gasteiger partial charge in [0.05, 0.1) is 18.8 Å². The third-order valence-corrected chi connectivity index (χ3v) is 5.40. The molecule has 0 aliphatic carbocycles. The number of aliphatic imine (C=N–C) groups is 1. The lowest BCUT2D eigenvalue weighted by Crippen LogP contribution is -2.45. The van der Waals surface area contributed by atoms with E-state index < -0.39 is 0 Å². The van der Waals surface area contributed by atoms with Crippen molar-refractivity contribution >= 4 is 11.9 Å². The predicted molar refractivity (Wildman–Crippen MR) is 107 cm³/mol. The van der Waals surface area contributed by atoms with E-state index in [0.29, 0.717) is 13.0 Å². The van der Waals surface area contributed by atoms with Gasteiger partial charge in [0.25, 0.3) is 0 Å². The van der Waals surface area contributed by atoms with Crippen LogP contribution < -0.4 is 10.6 Å². The molecule has 2 aliphatic rings. The van der Waals surface area contributed by atoms with Crippen LogP contribution in [0.2, 0.25) is 0 Å². The maximum absolute atomic E-state index is 11.9. The van der Waals surface area contributed by atoms with Gasteiger partial charge < -0.3 is 20.0 Å². The van der Waals surface area contributed by atoms with Crippen LogP contribution in [0, 0.1) is 0 Å². The van der Waals surface area contributed by atoms with Crippen molar-refractivity contribution in [3.8, 4) is 0 Å². The first-order valence-electron chi connectivity index (χ1n) is 10.3. The Morgan fingerprint density at radius 1 is 1.33 bits per heavy atom. The molecule has 3 heterocycles. The molecule has 2 N–H and O–H groups in total. The molecule has 1 aromatic rings. The highest BCUT2D eigenvalue weighted by Crippen LogP contribution is 2.25. The van der Waals surface area contributed by atoms with Crippen LogP contribution in [0.3, 0.4) is 0 Å². The zero-order valence-corrected chi connectivity index (χ0v) is 16.6. The highest BCUT2D eigenvalue weighted by Gasteiger charge is 2.27. The fourth-order valence-electron chi connectivity index (χ4n) is 3.94. The third-order valence-electron chi connectivity index (χ3n) is 5.40. The van der Waals surface area contributed by atoms with Gasteiger partial charge in [-0.15, -0.1) is 0 Å². The standard InChI is InChI=1S/C20H33N5O2/c1-3-19(26)25-12-9-16(15-25)23-20(21-4-2)22-14-17(18-8-7-13-27-18)24-10-5-6-11-24/h7-8,13,16-17H,3-6,9-12,14-15H2,1-2H3,(H2,21,22,23). The zero-order valence-electron chi connectivity index (χ0n) is 16.6. The van der Waals surface area contributed by atoms with Gasteiger partial charge >= 0.3 is 0 Å². The van der Waals surface area contributed by atoms with E-state index in [9.17, 15) is 4.79 Å². The van der Waals surface area contributed by atoms with Crippen LogP contribution in [-0.2, 0) is 4.79 Å². The molecule has 7 heteroatoms. The van der Waals surface area contributed by atoms with Gasteiger partial charge in [-0.05, 0) is 51.4 Å². The van der Waals surface area contributed by atoms with Crippen molar-refractivity contribution in [2.24, 2.45) is 4.99 Å². The minimum absolute atomic E-state index is 0.180. The van der Waals surface area contributed by atoms with E-state index in [1.165, 1.54) is 12.8 Å². The highest BCUT2D eigenvalue weighted by atomic mass is 16.3. The lowest BCUT2D eigenvalue weighted by molar-refractivity contribution is -0.129. The van der Waals surface area contributed by atoms with Gasteiger partial charge in [0, 0.05) is 32.1 Å². The van der Waals surface area contributed by atoms with Gasteiger partial charge in [0.1, 0.15) is 5.76 Å². The van der Waals surface area contributed by atoms with E-state index in [1.807, 2.05) is 24.0 Å². The molecule has 0 spiro atoms. The molecule has 1 amide bonds. The number of rotatable bonds is 7. The summed E-state index contributed by atoms with van der Waals surface area (Å²) in [6, 6.07) is 4.43. The number of hydrogen-bond acceptors (Lipinski definition) is 4. The summed E-state index contributed by atoms with van der Waals surface area (Å²) in [5.41, 5.74) is 0. The van der Waals surface area contributed by atoms with Crippen molar-refractivity contribution in [3.05, 3.63) is 24.2 Å². The molecule has 0 radical (unpaired) electrons. The molecule has 0 aromatic carbocycles. The Balaban J connectivity index is 1.62. The molecule has 2 saturated heterocycles. The number of amides is 1. The summed E-state index contributed by atoms with van der Waals surface area (Å²) in [6.07, 6.45) is 5.75. The van der Waals surface area contributed by atoms with Crippen molar-refractivity contribution in [3.63, 3.8) is 0 Å². The summed E-state index contributed by atoms with van der Waals surface area (Å²) in [5.74, 6) is 2.04. The van der Waals surface area contributed by atoms with Gasteiger partial charge in [0.2, 0.25) is 5.91 Å². The number of carbonyl (C=O) groups is 1. The summed E-state index contributed by atoms with van der Waals surface area (Å²) >= 11 is 0. The fraction of sp³-hybridized carbons (Fsp3) is 0.700. The minimum Gasteiger partial charge on any atom is -0.468 e. The average molecular weight is 376 g/mol. The topological polar surface area (TPSA) is 73.1 Å². The number of nitrogens with one attached hydrogen (secondary N) is 2. The molecule has 1 aromatic heterocycles. The largest absolute Gasteiger partial charge is 0.468 e. The Labute approximate surface area is 162 Å². The van der Waals surface area contributed by atoms with Crippen LogP contribution in [-0.4, -0.2) is 67.0 Å². The first kappa shape index (κ1) is 19.7. The summed E-state index contributed by atoms with van der Waals surface area (Å²) in [6.45, 7) is 9.24. The molecule has 0 bridgehead atoms. The molecule has 2 aliphatic heterocycles. The molecule has 3 rings (SSSR count). The SMILES string of the molecule is CCNC(=NCC(c1ccco1)N1CCCC1)NC1CCN(C(=O)CC)C1. The third kappa shape index (κ3) is 5.25. The number of likely N-dealkylation sites (tertiary alicyclic amines) is 2. The lowest BCUT2D eigenvalue weighted by atomic mass is 10.2. The smallest absolute Gasteiger partial charge is 0.222 e. The first-order chi connectivity index (χ1) is 13.2. The van der Waals surface area contributed by atoms with Crippen molar-refractivity contribution in [1.29, 1.82) is 0 Å². The van der Waals surface area contributed by atoms with E-state index in [1.54, 1.807) is 6.26 Å². The number of furan rings is 1. The maximum atomic E-state index is 11.9. The number of guanidine groups is 1. The Morgan fingerprint density at radius 3 is 2.81 bits per heavy atom. The van der Waals surface area contributed by atoms with Crippen molar-refractivity contribution < 1.29 is 9.21 Å². The second-order valence-corrected chi connectivity index (χ2v) is 7.32. The summed E-state index contributed by atoms with van der Waals surface area (Å²) < 4.78 is 5.69. The predicted octanol–water partition coefficient (Wildman–Crippen LogP) is 1.98. The molecular formula is C20H33N5O2. The summed E-state index contributed by atoms with van der Waals surface area (Å²) in [7, 11) is 0. The second kappa shape index (κ2) is 9.78. The lowest BCUT2D eigenvalue weighted by Gasteiger charge is -2.25. The van der Waals surface area contributed by atoms with Gasteiger partial charge in [0.15, 0.2) is 5.96 Å². The molecular weight excluding hydrogens is 342 g/mol. The van der Waals surface area contributed by atoms with Gasteiger partial charge in [-0.1, -0.05) is 6.92 Å². The van der Waals surface area contributed by atoms with Crippen molar-refractivity contribution in [2.75, 3.05) is 39.3 Å². The number of carbonyl (C=O) groups excluding carboxylic acids is 1. The summed E-state index contributed by atoms with van der Waals surface area (Å²) in [4.78, 5) is 21.2. The molecule has 2 fully saturated rings. The highest BCUT2D eigenvalue weighted by molar-refractivity contribution is 5.80. The van der Waals surface area contributed by atoms with E-state index in [-0.39, 0.29) is 18.0 Å². The van der Waals surface area contributed by atoms with Gasteiger partial charge in [-0.3, -0.25) is 14.7 Å². The van der Waals surface area contributed by atoms with E-state index in [4.69, 9.17) is 9.41 Å². The number of nitrogens with zero attached hydrogens (tertiary/aromatic N) is 3. The van der Waals surface area contributed by atoms with Crippen molar-refractivity contribution in [1.82, 2.24) is 20.4 Å². The normalized spacial score (nSPS) is 22.2. The molecule has 150 valence electrons. The Hall–Kier alpha value is -2.02. The van der Waals surface area contributed by atoms with Crippen LogP contribution in [0.1, 0.15) is 51.3 Å². The first-order valence-corrected chi connectivity index (χ1v) is 10.3. The summed E-state index contributed by atoms with van der Waals surface area (Å²) in [5, 5.41) is 6.86.